The molecular weight excluding hydrogens is 236 g/mol. The number of hydrogen-bond acceptors (Lipinski definition) is 3. The molecule has 0 saturated carbocycles. The largest absolute Gasteiger partial charge is 0.392 e. The molecule has 0 unspecified atom stereocenters. The van der Waals surface area contributed by atoms with Crippen molar-refractivity contribution in [1.82, 2.24) is 0 Å². The van der Waals surface area contributed by atoms with Crippen molar-refractivity contribution >= 4 is 9.84 Å². The van der Waals surface area contributed by atoms with Crippen LogP contribution in [0.5, 0.6) is 0 Å². The lowest BCUT2D eigenvalue weighted by molar-refractivity contribution is 0.193. The van der Waals surface area contributed by atoms with Gasteiger partial charge in [-0.2, -0.15) is 0 Å². The first-order chi connectivity index (χ1) is 7.93. The lowest BCUT2D eigenvalue weighted by Gasteiger charge is -2.15. The zero-order valence-electron chi connectivity index (χ0n) is 10.3. The highest BCUT2D eigenvalue weighted by Gasteiger charge is 2.24. The molecule has 0 saturated heterocycles. The van der Waals surface area contributed by atoms with Gasteiger partial charge in [0.1, 0.15) is 0 Å². The molecule has 1 aromatic rings. The van der Waals surface area contributed by atoms with Gasteiger partial charge >= 0.3 is 0 Å². The standard InChI is InChI=1S/C13H20O3S/c1-11(14)12(2)17(15,16)10-6-9-13-7-4-3-5-8-13/h3-5,7-8,11-12,14H,6,9-10H2,1-2H3/t11-,12-/m1/s1. The third-order valence-corrected chi connectivity index (χ3v) is 5.37. The van der Waals surface area contributed by atoms with Gasteiger partial charge in [-0.15, -0.1) is 0 Å². The number of aliphatic hydroxyl groups excluding tert-OH is 1. The summed E-state index contributed by atoms with van der Waals surface area (Å²) in [5, 5.41) is 8.61. The van der Waals surface area contributed by atoms with Crippen molar-refractivity contribution in [2.75, 3.05) is 5.75 Å². The summed E-state index contributed by atoms with van der Waals surface area (Å²) in [6.07, 6.45) is 0.549. The average Bonchev–Trinajstić information content (AvgIpc) is 2.29. The van der Waals surface area contributed by atoms with Crippen molar-refractivity contribution in [3.63, 3.8) is 0 Å². The van der Waals surface area contributed by atoms with Gasteiger partial charge in [-0.1, -0.05) is 30.3 Å². The van der Waals surface area contributed by atoms with E-state index in [-0.39, 0.29) is 5.75 Å². The minimum Gasteiger partial charge on any atom is -0.392 e. The van der Waals surface area contributed by atoms with Crippen LogP contribution in [-0.4, -0.2) is 30.6 Å². The van der Waals surface area contributed by atoms with E-state index in [0.717, 1.165) is 12.0 Å². The summed E-state index contributed by atoms with van der Waals surface area (Å²) in [4.78, 5) is 0. The molecule has 0 aromatic heterocycles. The van der Waals surface area contributed by atoms with Gasteiger partial charge < -0.3 is 5.11 Å². The molecule has 1 rings (SSSR count). The fraction of sp³-hybridized carbons (Fsp3) is 0.538. The molecule has 2 atom stereocenters. The Morgan fingerprint density at radius 1 is 1.18 bits per heavy atom. The summed E-state index contributed by atoms with van der Waals surface area (Å²) in [5.74, 6) is 0.133. The van der Waals surface area contributed by atoms with Crippen LogP contribution >= 0.6 is 0 Å². The molecule has 0 amide bonds. The molecule has 4 heteroatoms. The minimum atomic E-state index is -3.18. The molecule has 96 valence electrons. The first-order valence-corrected chi connectivity index (χ1v) is 7.58. The summed E-state index contributed by atoms with van der Waals surface area (Å²) in [7, 11) is -3.18. The Bertz CT molecular complexity index is 423. The van der Waals surface area contributed by atoms with E-state index in [1.807, 2.05) is 30.3 Å². The lowest BCUT2D eigenvalue weighted by Crippen LogP contribution is -2.31. The maximum absolute atomic E-state index is 11.8. The maximum atomic E-state index is 11.8. The number of hydrogen-bond donors (Lipinski definition) is 1. The Kier molecular flexibility index (Phi) is 5.15. The molecule has 1 N–H and O–H groups in total. The van der Waals surface area contributed by atoms with Crippen LogP contribution in [0, 0.1) is 0 Å². The third-order valence-electron chi connectivity index (χ3n) is 2.98. The number of sulfone groups is 1. The maximum Gasteiger partial charge on any atom is 0.155 e. The molecule has 0 fully saturated rings. The average molecular weight is 256 g/mol. The molecule has 0 aliphatic rings. The molecule has 0 heterocycles. The monoisotopic (exact) mass is 256 g/mol. The van der Waals surface area contributed by atoms with E-state index in [9.17, 15) is 13.5 Å². The Balaban J connectivity index is 2.46. The SMILES string of the molecule is C[C@H]([C@@H](C)O)S(=O)(=O)CCCc1ccccc1. The van der Waals surface area contributed by atoms with Gasteiger partial charge in [-0.05, 0) is 32.3 Å². The molecular formula is C13H20O3S. The van der Waals surface area contributed by atoms with Gasteiger partial charge in [0.05, 0.1) is 17.1 Å². The number of aryl methyl sites for hydroxylation is 1. The van der Waals surface area contributed by atoms with E-state index in [1.165, 1.54) is 6.92 Å². The lowest BCUT2D eigenvalue weighted by atomic mass is 10.1. The summed E-state index contributed by atoms with van der Waals surface area (Å²) in [6, 6.07) is 9.82. The third kappa shape index (κ3) is 4.48. The predicted molar refractivity (Wildman–Crippen MR) is 69.7 cm³/mol. The molecule has 0 spiro atoms. The summed E-state index contributed by atoms with van der Waals surface area (Å²) in [5.41, 5.74) is 1.15. The topological polar surface area (TPSA) is 54.4 Å². The van der Waals surface area contributed by atoms with Crippen molar-refractivity contribution in [1.29, 1.82) is 0 Å². The normalized spacial score (nSPS) is 15.5. The van der Waals surface area contributed by atoms with Gasteiger partial charge in [-0.25, -0.2) is 8.42 Å². The van der Waals surface area contributed by atoms with E-state index in [4.69, 9.17) is 0 Å². The van der Waals surface area contributed by atoms with Crippen LogP contribution in [-0.2, 0) is 16.3 Å². The molecule has 0 aliphatic carbocycles. The first-order valence-electron chi connectivity index (χ1n) is 5.87. The molecule has 0 bridgehead atoms. The highest BCUT2D eigenvalue weighted by molar-refractivity contribution is 7.92. The molecule has 3 nitrogen and oxygen atoms in total. The van der Waals surface area contributed by atoms with Gasteiger partial charge in [-0.3, -0.25) is 0 Å². The van der Waals surface area contributed by atoms with Gasteiger partial charge in [0, 0.05) is 0 Å². The quantitative estimate of drug-likeness (QED) is 0.844. The van der Waals surface area contributed by atoms with Crippen molar-refractivity contribution in [3.05, 3.63) is 35.9 Å². The predicted octanol–water partition coefficient (Wildman–Crippen LogP) is 1.80. The van der Waals surface area contributed by atoms with Crippen molar-refractivity contribution in [2.45, 2.75) is 38.0 Å². The number of benzene rings is 1. The van der Waals surface area contributed by atoms with Crippen molar-refractivity contribution in [3.8, 4) is 0 Å². The van der Waals surface area contributed by atoms with Crippen LogP contribution in [0.3, 0.4) is 0 Å². The molecule has 0 radical (unpaired) electrons. The highest BCUT2D eigenvalue weighted by Crippen LogP contribution is 2.10. The number of rotatable bonds is 6. The van der Waals surface area contributed by atoms with Crippen LogP contribution in [0.15, 0.2) is 30.3 Å². The van der Waals surface area contributed by atoms with E-state index in [1.54, 1.807) is 6.92 Å². The van der Waals surface area contributed by atoms with E-state index < -0.39 is 21.2 Å². The smallest absolute Gasteiger partial charge is 0.155 e. The summed E-state index contributed by atoms with van der Waals surface area (Å²) >= 11 is 0. The minimum absolute atomic E-state index is 0.133. The van der Waals surface area contributed by atoms with Gasteiger partial charge in [0.25, 0.3) is 0 Å². The number of aliphatic hydroxyl groups is 1. The van der Waals surface area contributed by atoms with Crippen LogP contribution in [0.1, 0.15) is 25.8 Å². The van der Waals surface area contributed by atoms with E-state index in [2.05, 4.69) is 0 Å². The van der Waals surface area contributed by atoms with Crippen LogP contribution < -0.4 is 0 Å². The van der Waals surface area contributed by atoms with Crippen LogP contribution in [0.4, 0.5) is 0 Å². The molecule has 0 aliphatic heterocycles. The fourth-order valence-electron chi connectivity index (χ4n) is 1.61. The van der Waals surface area contributed by atoms with Crippen LogP contribution in [0.2, 0.25) is 0 Å². The highest BCUT2D eigenvalue weighted by atomic mass is 32.2. The zero-order chi connectivity index (χ0) is 12.9. The van der Waals surface area contributed by atoms with Crippen molar-refractivity contribution in [2.24, 2.45) is 0 Å². The molecule has 17 heavy (non-hydrogen) atoms. The Morgan fingerprint density at radius 3 is 2.29 bits per heavy atom. The second kappa shape index (κ2) is 6.17. The summed E-state index contributed by atoms with van der Waals surface area (Å²) < 4.78 is 23.6. The second-order valence-corrected chi connectivity index (χ2v) is 6.88. The van der Waals surface area contributed by atoms with Crippen molar-refractivity contribution < 1.29 is 13.5 Å². The Labute approximate surface area is 103 Å². The fourth-order valence-corrected chi connectivity index (χ4v) is 3.13. The van der Waals surface area contributed by atoms with Gasteiger partial charge in [0.2, 0.25) is 0 Å². The summed E-state index contributed by atoms with van der Waals surface area (Å²) in [6.45, 7) is 3.07. The Morgan fingerprint density at radius 2 is 1.76 bits per heavy atom. The van der Waals surface area contributed by atoms with Crippen LogP contribution in [0.25, 0.3) is 0 Å². The van der Waals surface area contributed by atoms with E-state index >= 15 is 0 Å². The first kappa shape index (κ1) is 14.2. The zero-order valence-corrected chi connectivity index (χ0v) is 11.2. The Hall–Kier alpha value is -0.870. The molecule has 1 aromatic carbocycles. The van der Waals surface area contributed by atoms with Gasteiger partial charge in [0.15, 0.2) is 9.84 Å². The van der Waals surface area contributed by atoms with E-state index in [0.29, 0.717) is 6.42 Å². The second-order valence-electron chi connectivity index (χ2n) is 4.40.